The van der Waals surface area contributed by atoms with E-state index in [1.807, 2.05) is 17.5 Å². The maximum absolute atomic E-state index is 12.1. The molecule has 136 valence electrons. The van der Waals surface area contributed by atoms with E-state index in [1.54, 1.807) is 12.1 Å². The number of nitrogens with zero attached hydrogens (tertiary/aromatic N) is 1. The summed E-state index contributed by atoms with van der Waals surface area (Å²) in [5.41, 5.74) is 1.54. The molecule has 0 aliphatic carbocycles. The van der Waals surface area contributed by atoms with Crippen molar-refractivity contribution in [3.05, 3.63) is 57.4 Å². The molecule has 26 heavy (non-hydrogen) atoms. The third-order valence-corrected chi connectivity index (χ3v) is 6.94. The first kappa shape index (κ1) is 19.0. The molecule has 0 fully saturated rings. The monoisotopic (exact) mass is 426 g/mol. The molecule has 0 spiro atoms. The Labute approximate surface area is 164 Å². The highest BCUT2D eigenvalue weighted by Gasteiger charge is 2.11. The molecule has 0 unspecified atom stereocenters. The Hall–Kier alpha value is -1.74. The van der Waals surface area contributed by atoms with Crippen LogP contribution in [0, 0.1) is 0 Å². The number of hydrogen-bond donors (Lipinski definition) is 1. The standard InChI is InChI=1S/C17H15ClN2O3S3/c1-26(22,23)13-4-2-11(3-5-13)9-19-16(21)8-12-10-24-17(20-12)14-6-7-15(18)25-14/h2-7,10H,8-9H2,1H3,(H,19,21). The summed E-state index contributed by atoms with van der Waals surface area (Å²) in [4.78, 5) is 17.8. The smallest absolute Gasteiger partial charge is 0.226 e. The summed E-state index contributed by atoms with van der Waals surface area (Å²) in [7, 11) is -3.21. The van der Waals surface area contributed by atoms with Gasteiger partial charge in [0, 0.05) is 18.2 Å². The number of carbonyl (C=O) groups excluding carboxylic acids is 1. The van der Waals surface area contributed by atoms with Crippen molar-refractivity contribution in [3.63, 3.8) is 0 Å². The molecule has 0 aliphatic rings. The summed E-state index contributed by atoms with van der Waals surface area (Å²) < 4.78 is 23.6. The van der Waals surface area contributed by atoms with Crippen molar-refractivity contribution in [2.75, 3.05) is 6.26 Å². The number of sulfone groups is 1. The Morgan fingerprint density at radius 2 is 1.92 bits per heavy atom. The highest BCUT2D eigenvalue weighted by Crippen LogP contribution is 2.32. The number of thiazole rings is 1. The quantitative estimate of drug-likeness (QED) is 0.650. The number of thiophene rings is 1. The van der Waals surface area contributed by atoms with Crippen LogP contribution < -0.4 is 5.32 Å². The van der Waals surface area contributed by atoms with Crippen LogP contribution >= 0.6 is 34.3 Å². The van der Waals surface area contributed by atoms with E-state index in [0.29, 0.717) is 16.6 Å². The Kier molecular flexibility index (Phi) is 5.76. The van der Waals surface area contributed by atoms with E-state index in [4.69, 9.17) is 11.6 Å². The molecule has 1 N–H and O–H groups in total. The molecule has 3 aromatic rings. The Morgan fingerprint density at radius 1 is 1.19 bits per heavy atom. The molecule has 0 atom stereocenters. The minimum Gasteiger partial charge on any atom is -0.352 e. The van der Waals surface area contributed by atoms with E-state index in [0.717, 1.165) is 21.7 Å². The fourth-order valence-corrected chi connectivity index (χ4v) is 4.78. The van der Waals surface area contributed by atoms with Gasteiger partial charge in [0.2, 0.25) is 5.91 Å². The predicted molar refractivity (Wildman–Crippen MR) is 106 cm³/mol. The summed E-state index contributed by atoms with van der Waals surface area (Å²) in [5, 5.41) is 5.53. The molecule has 2 heterocycles. The highest BCUT2D eigenvalue weighted by molar-refractivity contribution is 7.90. The van der Waals surface area contributed by atoms with E-state index >= 15 is 0 Å². The number of hydrogen-bond acceptors (Lipinski definition) is 6. The van der Waals surface area contributed by atoms with Gasteiger partial charge in [0.15, 0.2) is 9.84 Å². The summed E-state index contributed by atoms with van der Waals surface area (Å²) in [6.07, 6.45) is 1.35. The molecule has 3 rings (SSSR count). The van der Waals surface area contributed by atoms with E-state index in [2.05, 4.69) is 10.3 Å². The van der Waals surface area contributed by atoms with Gasteiger partial charge in [-0.1, -0.05) is 23.7 Å². The second kappa shape index (κ2) is 7.87. The fraction of sp³-hybridized carbons (Fsp3) is 0.176. The van der Waals surface area contributed by atoms with Crippen LogP contribution in [0.4, 0.5) is 0 Å². The molecule has 2 aromatic heterocycles. The molecule has 5 nitrogen and oxygen atoms in total. The summed E-state index contributed by atoms with van der Waals surface area (Å²) in [5.74, 6) is -0.141. The highest BCUT2D eigenvalue weighted by atomic mass is 35.5. The second-order valence-corrected chi connectivity index (χ2v) is 10.2. The zero-order valence-electron chi connectivity index (χ0n) is 13.7. The Morgan fingerprint density at radius 3 is 2.54 bits per heavy atom. The van der Waals surface area contributed by atoms with Crippen molar-refractivity contribution in [3.8, 4) is 9.88 Å². The Balaban J connectivity index is 1.55. The summed E-state index contributed by atoms with van der Waals surface area (Å²) in [6, 6.07) is 10.2. The number of benzene rings is 1. The normalized spacial score (nSPS) is 11.5. The van der Waals surface area contributed by atoms with Crippen LogP contribution in [0.3, 0.4) is 0 Å². The zero-order valence-corrected chi connectivity index (χ0v) is 16.9. The lowest BCUT2D eigenvalue weighted by Crippen LogP contribution is -2.24. The minimum atomic E-state index is -3.21. The summed E-state index contributed by atoms with van der Waals surface area (Å²) in [6.45, 7) is 0.334. The van der Waals surface area contributed by atoms with Crippen LogP contribution in [0.15, 0.2) is 46.7 Å². The van der Waals surface area contributed by atoms with Crippen LogP contribution in [0.1, 0.15) is 11.3 Å². The maximum atomic E-state index is 12.1. The fourth-order valence-electron chi connectivity index (χ4n) is 2.21. The van der Waals surface area contributed by atoms with Crippen molar-refractivity contribution in [2.24, 2.45) is 0 Å². The van der Waals surface area contributed by atoms with Gasteiger partial charge in [-0.15, -0.1) is 22.7 Å². The second-order valence-electron chi connectivity index (χ2n) is 5.62. The lowest BCUT2D eigenvalue weighted by atomic mass is 10.2. The minimum absolute atomic E-state index is 0.141. The summed E-state index contributed by atoms with van der Waals surface area (Å²) >= 11 is 8.87. The van der Waals surface area contributed by atoms with E-state index in [1.165, 1.54) is 34.8 Å². The van der Waals surface area contributed by atoms with Crippen LogP contribution in [0.25, 0.3) is 9.88 Å². The first-order valence-corrected chi connectivity index (χ1v) is 11.5. The number of amides is 1. The number of halogens is 1. The van der Waals surface area contributed by atoms with Gasteiger partial charge in [0.25, 0.3) is 0 Å². The van der Waals surface area contributed by atoms with Crippen molar-refractivity contribution in [1.29, 1.82) is 0 Å². The van der Waals surface area contributed by atoms with Gasteiger partial charge in [0.1, 0.15) is 5.01 Å². The number of rotatable bonds is 6. The van der Waals surface area contributed by atoms with Crippen molar-refractivity contribution < 1.29 is 13.2 Å². The van der Waals surface area contributed by atoms with Crippen LogP contribution in [0.5, 0.6) is 0 Å². The molecule has 0 bridgehead atoms. The predicted octanol–water partition coefficient (Wildman–Crippen LogP) is 3.79. The lowest BCUT2D eigenvalue weighted by molar-refractivity contribution is -0.120. The third-order valence-electron chi connectivity index (χ3n) is 3.52. The molecule has 0 aliphatic heterocycles. The van der Waals surface area contributed by atoms with Gasteiger partial charge in [-0.2, -0.15) is 0 Å². The van der Waals surface area contributed by atoms with Crippen LogP contribution in [-0.2, 0) is 27.6 Å². The molecule has 1 aromatic carbocycles. The average Bonchev–Trinajstić information content (AvgIpc) is 3.21. The molecular weight excluding hydrogens is 412 g/mol. The third kappa shape index (κ3) is 4.91. The molecule has 0 saturated heterocycles. The Bertz CT molecular complexity index is 1020. The molecule has 0 radical (unpaired) electrons. The number of aromatic nitrogens is 1. The van der Waals surface area contributed by atoms with Gasteiger partial charge in [-0.05, 0) is 29.8 Å². The van der Waals surface area contributed by atoms with Crippen LogP contribution in [0.2, 0.25) is 4.34 Å². The van der Waals surface area contributed by atoms with E-state index in [9.17, 15) is 13.2 Å². The average molecular weight is 427 g/mol. The van der Waals surface area contributed by atoms with Gasteiger partial charge in [-0.25, -0.2) is 13.4 Å². The van der Waals surface area contributed by atoms with Crippen LogP contribution in [-0.4, -0.2) is 25.6 Å². The number of carbonyl (C=O) groups is 1. The molecule has 9 heteroatoms. The van der Waals surface area contributed by atoms with Gasteiger partial charge < -0.3 is 5.32 Å². The topological polar surface area (TPSA) is 76.1 Å². The first-order valence-electron chi connectivity index (χ1n) is 7.57. The first-order chi connectivity index (χ1) is 12.3. The van der Waals surface area contributed by atoms with E-state index < -0.39 is 9.84 Å². The zero-order chi connectivity index (χ0) is 18.7. The van der Waals surface area contributed by atoms with Gasteiger partial charge in [0.05, 0.1) is 26.2 Å². The lowest BCUT2D eigenvalue weighted by Gasteiger charge is -2.05. The van der Waals surface area contributed by atoms with Crippen molar-refractivity contribution in [2.45, 2.75) is 17.9 Å². The van der Waals surface area contributed by atoms with Crippen molar-refractivity contribution in [1.82, 2.24) is 10.3 Å². The maximum Gasteiger partial charge on any atom is 0.226 e. The SMILES string of the molecule is CS(=O)(=O)c1ccc(CNC(=O)Cc2csc(-c3ccc(Cl)s3)n2)cc1. The van der Waals surface area contributed by atoms with Gasteiger partial charge in [-0.3, -0.25) is 4.79 Å². The van der Waals surface area contributed by atoms with E-state index in [-0.39, 0.29) is 17.2 Å². The number of nitrogens with one attached hydrogen (secondary N) is 1. The molecular formula is C17H15ClN2O3S3. The van der Waals surface area contributed by atoms with Gasteiger partial charge >= 0.3 is 0 Å². The molecule has 0 saturated carbocycles. The largest absolute Gasteiger partial charge is 0.352 e. The molecule has 1 amide bonds. The van der Waals surface area contributed by atoms with Crippen molar-refractivity contribution >= 4 is 50.0 Å².